The molecule has 0 saturated carbocycles. The second-order valence-electron chi connectivity index (χ2n) is 5.95. The molecule has 4 rings (SSSR count). The molecule has 4 aromatic heterocycles. The fraction of sp³-hybridized carbons (Fsp3) is 0.118. The molecule has 152 valence electrons. The molecule has 1 amide bonds. The van der Waals surface area contributed by atoms with E-state index in [-0.39, 0.29) is 18.3 Å². The Balaban J connectivity index is 1.57. The third kappa shape index (κ3) is 5.12. The van der Waals surface area contributed by atoms with E-state index in [0.29, 0.717) is 26.7 Å². The number of hydrogen-bond acceptors (Lipinski definition) is 10. The predicted octanol–water partition coefficient (Wildman–Crippen LogP) is 1.79. The lowest BCUT2D eigenvalue weighted by molar-refractivity contribution is -0.115. The summed E-state index contributed by atoms with van der Waals surface area (Å²) in [6, 6.07) is 5.45. The molecule has 0 aliphatic rings. The first-order valence-electron chi connectivity index (χ1n) is 8.64. The second kappa shape index (κ2) is 8.92. The maximum absolute atomic E-state index is 12.6. The molecule has 0 fully saturated rings. The summed E-state index contributed by atoms with van der Waals surface area (Å²) in [5, 5.41) is 15.1. The average Bonchev–Trinajstić information content (AvgIpc) is 3.32. The lowest BCUT2D eigenvalue weighted by Crippen LogP contribution is -2.17. The quantitative estimate of drug-likeness (QED) is 0.387. The number of aromatic amines is 1. The number of nitrogens with two attached hydrogens (primary N) is 1. The van der Waals surface area contributed by atoms with Crippen LogP contribution < -0.4 is 11.1 Å². The average molecular weight is 441 g/mol. The Hall–Kier alpha value is -3.45. The number of anilines is 2. The summed E-state index contributed by atoms with van der Waals surface area (Å²) in [7, 11) is 1.78. The molecular weight excluding hydrogens is 424 g/mol. The van der Waals surface area contributed by atoms with Crippen LogP contribution in [-0.2, 0) is 18.3 Å². The number of nitrogens with zero attached hydrogens (tertiary/aromatic N) is 7. The van der Waals surface area contributed by atoms with Crippen LogP contribution in [0.3, 0.4) is 0 Å². The van der Waals surface area contributed by atoms with Crippen LogP contribution in [-0.4, -0.2) is 45.8 Å². The van der Waals surface area contributed by atoms with Crippen molar-refractivity contribution in [3.63, 3.8) is 0 Å². The maximum atomic E-state index is 12.6. The monoisotopic (exact) mass is 440 g/mol. The summed E-state index contributed by atoms with van der Waals surface area (Å²) in [5.74, 6) is 0.440. The fourth-order valence-electron chi connectivity index (χ4n) is 2.38. The number of nitrogens with one attached hydrogen (secondary N) is 2. The van der Waals surface area contributed by atoms with Gasteiger partial charge in [-0.1, -0.05) is 11.8 Å². The van der Waals surface area contributed by atoms with Gasteiger partial charge in [0.05, 0.1) is 18.3 Å². The molecule has 0 aliphatic carbocycles. The third-order valence-corrected chi connectivity index (χ3v) is 5.45. The van der Waals surface area contributed by atoms with Crippen LogP contribution in [0.1, 0.15) is 5.69 Å². The van der Waals surface area contributed by atoms with Crippen molar-refractivity contribution >= 4 is 41.2 Å². The lowest BCUT2D eigenvalue weighted by atomic mass is 10.3. The summed E-state index contributed by atoms with van der Waals surface area (Å²) < 4.78 is 1.61. The van der Waals surface area contributed by atoms with Crippen LogP contribution in [0.5, 0.6) is 0 Å². The van der Waals surface area contributed by atoms with Crippen molar-refractivity contribution in [2.75, 3.05) is 11.1 Å². The number of amides is 1. The Morgan fingerprint density at radius 3 is 2.77 bits per heavy atom. The molecule has 0 radical (unpaired) electrons. The number of aromatic nitrogens is 8. The predicted molar refractivity (Wildman–Crippen MR) is 111 cm³/mol. The first kappa shape index (κ1) is 19.8. The molecule has 0 spiro atoms. The van der Waals surface area contributed by atoms with Gasteiger partial charge in [0.2, 0.25) is 17.0 Å². The van der Waals surface area contributed by atoms with Gasteiger partial charge in [-0.15, -0.1) is 5.10 Å². The van der Waals surface area contributed by atoms with Crippen LogP contribution in [0.2, 0.25) is 0 Å². The summed E-state index contributed by atoms with van der Waals surface area (Å²) in [6.45, 7) is 0. The van der Waals surface area contributed by atoms with Crippen molar-refractivity contribution in [1.82, 2.24) is 39.9 Å². The standard InChI is InChI=1S/C17H16N10OS2/c1-27-7-4-12(26-27)22-13(28)8-11-15(29-10-2-5-19-6-3-10)20-9-14(21-11)30-17-23-16(18)24-25-17/h2-7,9H,8H2,1H3,(H,22,26,28)(H3,18,23,24,25). The highest BCUT2D eigenvalue weighted by Crippen LogP contribution is 2.30. The summed E-state index contributed by atoms with van der Waals surface area (Å²) in [4.78, 5) is 30.7. The molecule has 0 bridgehead atoms. The first-order chi connectivity index (χ1) is 14.5. The third-order valence-electron chi connectivity index (χ3n) is 3.64. The van der Waals surface area contributed by atoms with Crippen molar-refractivity contribution in [3.8, 4) is 0 Å². The van der Waals surface area contributed by atoms with Gasteiger partial charge in [0.1, 0.15) is 10.1 Å². The molecule has 4 heterocycles. The van der Waals surface area contributed by atoms with Crippen LogP contribution in [0.25, 0.3) is 0 Å². The van der Waals surface area contributed by atoms with Gasteiger partial charge in [0, 0.05) is 36.6 Å². The number of nitrogen functional groups attached to an aromatic ring is 1. The Labute approximate surface area is 179 Å². The molecule has 13 heteroatoms. The summed E-state index contributed by atoms with van der Waals surface area (Å²) in [6.07, 6.45) is 6.78. The van der Waals surface area contributed by atoms with Crippen molar-refractivity contribution in [2.45, 2.75) is 26.5 Å². The largest absolute Gasteiger partial charge is 0.368 e. The minimum absolute atomic E-state index is 0.0293. The van der Waals surface area contributed by atoms with Gasteiger partial charge in [-0.05, 0) is 23.9 Å². The molecule has 0 unspecified atom stereocenters. The van der Waals surface area contributed by atoms with Crippen molar-refractivity contribution in [2.24, 2.45) is 7.05 Å². The molecule has 4 N–H and O–H groups in total. The zero-order chi connectivity index (χ0) is 20.9. The number of hydrogen-bond donors (Lipinski definition) is 3. The Morgan fingerprint density at radius 1 is 1.23 bits per heavy atom. The highest BCUT2D eigenvalue weighted by Gasteiger charge is 2.16. The van der Waals surface area contributed by atoms with E-state index in [1.54, 1.807) is 42.6 Å². The van der Waals surface area contributed by atoms with Gasteiger partial charge in [-0.3, -0.25) is 14.5 Å². The van der Waals surface area contributed by atoms with E-state index in [9.17, 15) is 4.79 Å². The molecule has 0 aromatic carbocycles. The Morgan fingerprint density at radius 2 is 2.07 bits per heavy atom. The molecule has 30 heavy (non-hydrogen) atoms. The molecule has 11 nitrogen and oxygen atoms in total. The van der Waals surface area contributed by atoms with Crippen LogP contribution in [0.4, 0.5) is 11.8 Å². The molecule has 4 aromatic rings. The second-order valence-corrected chi connectivity index (χ2v) is 8.00. The minimum Gasteiger partial charge on any atom is -0.368 e. The number of rotatable bonds is 7. The van der Waals surface area contributed by atoms with Gasteiger partial charge in [-0.25, -0.2) is 15.1 Å². The van der Waals surface area contributed by atoms with Crippen molar-refractivity contribution in [3.05, 3.63) is 48.7 Å². The van der Waals surface area contributed by atoms with Gasteiger partial charge < -0.3 is 11.1 Å². The van der Waals surface area contributed by atoms with E-state index in [0.717, 1.165) is 4.90 Å². The summed E-state index contributed by atoms with van der Waals surface area (Å²) >= 11 is 2.60. The number of pyridine rings is 1. The number of carbonyl (C=O) groups is 1. The topological polar surface area (TPSA) is 153 Å². The van der Waals surface area contributed by atoms with E-state index < -0.39 is 0 Å². The highest BCUT2D eigenvalue weighted by atomic mass is 32.2. The van der Waals surface area contributed by atoms with E-state index >= 15 is 0 Å². The molecule has 0 saturated heterocycles. The normalized spacial score (nSPS) is 10.8. The number of aryl methyl sites for hydroxylation is 1. The lowest BCUT2D eigenvalue weighted by Gasteiger charge is -2.09. The van der Waals surface area contributed by atoms with Gasteiger partial charge >= 0.3 is 0 Å². The first-order valence-corrected chi connectivity index (χ1v) is 10.3. The van der Waals surface area contributed by atoms with Crippen molar-refractivity contribution < 1.29 is 4.79 Å². The number of H-pyrrole nitrogens is 1. The highest BCUT2D eigenvalue weighted by molar-refractivity contribution is 7.99. The Bertz CT molecular complexity index is 1160. The SMILES string of the molecule is Cn1ccc(NC(=O)Cc2nc(Sc3n[nH]c(N)n3)cnc2Sc2ccncc2)n1. The number of carbonyl (C=O) groups excluding carboxylic acids is 1. The van der Waals surface area contributed by atoms with E-state index in [1.165, 1.54) is 23.5 Å². The van der Waals surface area contributed by atoms with Crippen LogP contribution in [0.15, 0.2) is 63.1 Å². The minimum atomic E-state index is -0.246. The fourth-order valence-corrected chi connectivity index (χ4v) is 3.89. The van der Waals surface area contributed by atoms with Gasteiger partial charge in [0.25, 0.3) is 0 Å². The van der Waals surface area contributed by atoms with Crippen LogP contribution in [0, 0.1) is 0 Å². The van der Waals surface area contributed by atoms with E-state index in [2.05, 4.69) is 40.5 Å². The zero-order valence-corrected chi connectivity index (χ0v) is 17.3. The molecule has 0 atom stereocenters. The summed E-state index contributed by atoms with van der Waals surface area (Å²) in [5.41, 5.74) is 6.09. The maximum Gasteiger partial charge on any atom is 0.231 e. The van der Waals surface area contributed by atoms with Gasteiger partial charge in [0.15, 0.2) is 5.82 Å². The van der Waals surface area contributed by atoms with Crippen molar-refractivity contribution in [1.29, 1.82) is 0 Å². The molecular formula is C17H16N10OS2. The smallest absolute Gasteiger partial charge is 0.231 e. The zero-order valence-electron chi connectivity index (χ0n) is 15.7. The molecule has 0 aliphatic heterocycles. The van der Waals surface area contributed by atoms with E-state index in [4.69, 9.17) is 5.73 Å². The van der Waals surface area contributed by atoms with Crippen LogP contribution >= 0.6 is 23.5 Å². The van der Waals surface area contributed by atoms with E-state index in [1.807, 2.05) is 12.1 Å². The Kier molecular flexibility index (Phi) is 5.90. The van der Waals surface area contributed by atoms with Gasteiger partial charge in [-0.2, -0.15) is 10.1 Å².